The van der Waals surface area contributed by atoms with Crippen LogP contribution in [0.25, 0.3) is 0 Å². The zero-order chi connectivity index (χ0) is 11.6. The summed E-state index contributed by atoms with van der Waals surface area (Å²) in [5.74, 6) is -0.208. The van der Waals surface area contributed by atoms with Crippen LogP contribution in [0.15, 0.2) is 18.2 Å². The van der Waals surface area contributed by atoms with Crippen LogP contribution in [-0.4, -0.2) is 12.2 Å². The topological polar surface area (TPSA) is 46.2 Å². The molecule has 0 aliphatic rings. The van der Waals surface area contributed by atoms with Crippen molar-refractivity contribution in [3.8, 4) is 0 Å². The first-order valence-corrected chi connectivity index (χ1v) is 4.63. The van der Waals surface area contributed by atoms with Gasteiger partial charge in [-0.05, 0) is 30.2 Å². The van der Waals surface area contributed by atoms with E-state index in [1.165, 1.54) is 12.1 Å². The van der Waals surface area contributed by atoms with E-state index >= 15 is 0 Å². The van der Waals surface area contributed by atoms with Gasteiger partial charge in [0.25, 0.3) is 0 Å². The minimum atomic E-state index is -0.208. The lowest BCUT2D eigenvalue weighted by molar-refractivity contribution is 0.399. The third kappa shape index (κ3) is 6.57. The lowest BCUT2D eigenvalue weighted by Crippen LogP contribution is -1.97. The molecule has 0 saturated heterocycles. The van der Waals surface area contributed by atoms with Crippen molar-refractivity contribution >= 4 is 0 Å². The molecule has 0 fully saturated rings. The molecule has 0 saturated carbocycles. The fourth-order valence-corrected chi connectivity index (χ4v) is 0.930. The molecule has 3 heteroatoms. The lowest BCUT2D eigenvalue weighted by Gasteiger charge is -1.97. The molecule has 0 aromatic heterocycles. The van der Waals surface area contributed by atoms with Crippen LogP contribution in [0.4, 0.5) is 4.39 Å². The number of aryl methyl sites for hydroxylation is 1. The summed E-state index contributed by atoms with van der Waals surface area (Å²) in [5, 5.41) is 7.00. The van der Waals surface area contributed by atoms with Crippen LogP contribution in [0.1, 0.15) is 25.0 Å². The van der Waals surface area contributed by atoms with Crippen molar-refractivity contribution < 1.29 is 9.50 Å². The van der Waals surface area contributed by atoms with Gasteiger partial charge < -0.3 is 10.8 Å². The number of benzene rings is 1. The van der Waals surface area contributed by atoms with Gasteiger partial charge in [0.2, 0.25) is 0 Å². The van der Waals surface area contributed by atoms with Gasteiger partial charge in [0.05, 0.1) is 0 Å². The molecule has 82 valence electrons. The highest BCUT2D eigenvalue weighted by Gasteiger charge is 1.94. The van der Waals surface area contributed by atoms with E-state index in [1.54, 1.807) is 0 Å². The molecule has 0 bridgehead atoms. The number of aliphatic hydroxyl groups excluding tert-OH is 1. The Morgan fingerprint density at radius 3 is 2.07 bits per heavy atom. The third-order valence-electron chi connectivity index (χ3n) is 1.34. The smallest absolute Gasteiger partial charge is 0.123 e. The Kier molecular flexibility index (Phi) is 11.3. The van der Waals surface area contributed by atoms with E-state index in [4.69, 9.17) is 10.8 Å². The average molecular weight is 201 g/mol. The van der Waals surface area contributed by atoms with Crippen LogP contribution in [0.3, 0.4) is 0 Å². The molecule has 1 aromatic carbocycles. The third-order valence-corrected chi connectivity index (χ3v) is 1.34. The molecule has 0 spiro atoms. The van der Waals surface area contributed by atoms with Crippen molar-refractivity contribution in [1.29, 1.82) is 0 Å². The summed E-state index contributed by atoms with van der Waals surface area (Å²) >= 11 is 0. The number of hydrogen-bond acceptors (Lipinski definition) is 2. The van der Waals surface area contributed by atoms with Crippen LogP contribution in [0.5, 0.6) is 0 Å². The molecule has 1 aromatic rings. The van der Waals surface area contributed by atoms with E-state index in [1.807, 2.05) is 26.8 Å². The van der Waals surface area contributed by atoms with Crippen molar-refractivity contribution in [2.75, 3.05) is 7.11 Å². The molecule has 0 heterocycles. The molecule has 0 unspecified atom stereocenters. The van der Waals surface area contributed by atoms with Crippen LogP contribution < -0.4 is 5.73 Å². The predicted molar refractivity (Wildman–Crippen MR) is 58.5 cm³/mol. The first-order chi connectivity index (χ1) is 6.72. The van der Waals surface area contributed by atoms with E-state index in [9.17, 15) is 4.39 Å². The second-order valence-corrected chi connectivity index (χ2v) is 2.34. The molecular formula is C11H20FNO. The van der Waals surface area contributed by atoms with Crippen LogP contribution in [0, 0.1) is 12.7 Å². The molecule has 0 aliphatic carbocycles. The Morgan fingerprint density at radius 1 is 1.21 bits per heavy atom. The molecule has 3 N–H and O–H groups in total. The Labute approximate surface area is 85.6 Å². The van der Waals surface area contributed by atoms with Gasteiger partial charge in [0.1, 0.15) is 5.82 Å². The van der Waals surface area contributed by atoms with Crippen LogP contribution >= 0.6 is 0 Å². The zero-order valence-electron chi connectivity index (χ0n) is 9.34. The van der Waals surface area contributed by atoms with Crippen molar-refractivity contribution in [2.45, 2.75) is 27.3 Å². The molecular weight excluding hydrogens is 181 g/mol. The largest absolute Gasteiger partial charge is 0.400 e. The summed E-state index contributed by atoms with van der Waals surface area (Å²) < 4.78 is 12.6. The monoisotopic (exact) mass is 201 g/mol. The maximum absolute atomic E-state index is 12.6. The Bertz CT molecular complexity index is 218. The number of nitrogens with two attached hydrogens (primary N) is 1. The molecule has 2 nitrogen and oxygen atoms in total. The summed E-state index contributed by atoms with van der Waals surface area (Å²) in [6.07, 6.45) is 0. The van der Waals surface area contributed by atoms with E-state index in [0.29, 0.717) is 6.54 Å². The summed E-state index contributed by atoms with van der Waals surface area (Å²) in [5.41, 5.74) is 7.08. The van der Waals surface area contributed by atoms with Gasteiger partial charge in [-0.25, -0.2) is 4.39 Å². The van der Waals surface area contributed by atoms with Crippen LogP contribution in [-0.2, 0) is 6.54 Å². The van der Waals surface area contributed by atoms with E-state index in [-0.39, 0.29) is 5.82 Å². The first-order valence-electron chi connectivity index (χ1n) is 4.63. The summed E-state index contributed by atoms with van der Waals surface area (Å²) in [4.78, 5) is 0. The number of hydrogen-bond donors (Lipinski definition) is 2. The van der Waals surface area contributed by atoms with Gasteiger partial charge in [-0.2, -0.15) is 0 Å². The van der Waals surface area contributed by atoms with Gasteiger partial charge in [-0.1, -0.05) is 19.9 Å². The van der Waals surface area contributed by atoms with Gasteiger partial charge in [-0.3, -0.25) is 0 Å². The van der Waals surface area contributed by atoms with Gasteiger partial charge in [-0.15, -0.1) is 0 Å². The Hall–Kier alpha value is -0.930. The highest BCUT2D eigenvalue weighted by atomic mass is 19.1. The summed E-state index contributed by atoms with van der Waals surface area (Å²) in [7, 11) is 1.00. The maximum Gasteiger partial charge on any atom is 0.123 e. The highest BCUT2D eigenvalue weighted by Crippen LogP contribution is 2.06. The normalized spacial score (nSPS) is 7.93. The van der Waals surface area contributed by atoms with Crippen molar-refractivity contribution in [2.24, 2.45) is 5.73 Å². The highest BCUT2D eigenvalue weighted by molar-refractivity contribution is 5.23. The first kappa shape index (κ1) is 15.5. The number of halogens is 1. The molecule has 0 aliphatic heterocycles. The van der Waals surface area contributed by atoms with Crippen LogP contribution in [0.2, 0.25) is 0 Å². The van der Waals surface area contributed by atoms with Gasteiger partial charge >= 0.3 is 0 Å². The fourth-order valence-electron chi connectivity index (χ4n) is 0.930. The average Bonchev–Trinajstić information content (AvgIpc) is 2.22. The second kappa shape index (κ2) is 10.2. The number of rotatable bonds is 1. The van der Waals surface area contributed by atoms with Crippen molar-refractivity contribution in [1.82, 2.24) is 0 Å². The minimum absolute atomic E-state index is 0.208. The molecule has 14 heavy (non-hydrogen) atoms. The van der Waals surface area contributed by atoms with E-state index in [2.05, 4.69) is 0 Å². The lowest BCUT2D eigenvalue weighted by atomic mass is 10.1. The second-order valence-electron chi connectivity index (χ2n) is 2.34. The number of aliphatic hydroxyl groups is 1. The predicted octanol–water partition coefficient (Wildman–Crippen LogP) is 2.23. The standard InChI is InChI=1S/C8H10FN.C2H6.CH4O/c1-6-2-7(5-10)4-8(9)3-6;2*1-2/h2-4H,5,10H2,1H3;1-2H3;2H,1H3. The van der Waals surface area contributed by atoms with Crippen molar-refractivity contribution in [3.05, 3.63) is 35.1 Å². The summed E-state index contributed by atoms with van der Waals surface area (Å²) in [6.45, 7) is 6.25. The van der Waals surface area contributed by atoms with Gasteiger partial charge in [0, 0.05) is 13.7 Å². The summed E-state index contributed by atoms with van der Waals surface area (Å²) in [6, 6.07) is 4.81. The Morgan fingerprint density at radius 2 is 1.71 bits per heavy atom. The van der Waals surface area contributed by atoms with E-state index < -0.39 is 0 Å². The quantitative estimate of drug-likeness (QED) is 0.732. The molecule has 1 rings (SSSR count). The zero-order valence-corrected chi connectivity index (χ0v) is 9.34. The molecule has 0 radical (unpaired) electrons. The Balaban J connectivity index is 0. The fraction of sp³-hybridized carbons (Fsp3) is 0.455. The van der Waals surface area contributed by atoms with E-state index in [0.717, 1.165) is 18.2 Å². The molecule has 0 atom stereocenters. The minimum Gasteiger partial charge on any atom is -0.400 e. The molecule has 0 amide bonds. The van der Waals surface area contributed by atoms with Crippen molar-refractivity contribution in [3.63, 3.8) is 0 Å². The van der Waals surface area contributed by atoms with Gasteiger partial charge in [0.15, 0.2) is 0 Å². The SMILES string of the molecule is CC.CO.Cc1cc(F)cc(CN)c1. The maximum atomic E-state index is 12.6.